The van der Waals surface area contributed by atoms with Crippen LogP contribution in [0.15, 0.2) is 47.4 Å². The minimum absolute atomic E-state index is 0.127. The number of amides is 2. The van der Waals surface area contributed by atoms with Gasteiger partial charge in [0.25, 0.3) is 0 Å². The number of primary sulfonamides is 1. The number of urea groups is 1. The van der Waals surface area contributed by atoms with E-state index in [-0.39, 0.29) is 16.4 Å². The van der Waals surface area contributed by atoms with Gasteiger partial charge in [-0.3, -0.25) is 0 Å². The molecule has 0 aliphatic rings. The molecule has 2 aromatic carbocycles. The average molecular weight is 394 g/mol. The highest BCUT2D eigenvalue weighted by Crippen LogP contribution is 2.31. The molecule has 0 fully saturated rings. The molecule has 6 nitrogen and oxygen atoms in total. The third-order valence-corrected chi connectivity index (χ3v) is 4.15. The van der Waals surface area contributed by atoms with Crippen molar-refractivity contribution < 1.29 is 26.4 Å². The van der Waals surface area contributed by atoms with Crippen molar-refractivity contribution in [2.24, 2.45) is 5.14 Å². The second-order valence-electron chi connectivity index (χ2n) is 4.84. The second kappa shape index (κ2) is 6.90. The Bertz CT molecular complexity index is 917. The zero-order valence-electron chi connectivity index (χ0n) is 12.3. The molecule has 2 rings (SSSR count). The monoisotopic (exact) mass is 393 g/mol. The van der Waals surface area contributed by atoms with E-state index in [2.05, 4.69) is 10.6 Å². The molecule has 4 N–H and O–H groups in total. The van der Waals surface area contributed by atoms with Crippen LogP contribution in [0.3, 0.4) is 0 Å². The quantitative estimate of drug-likeness (QED) is 0.741. The second-order valence-corrected chi connectivity index (χ2v) is 6.81. The number of halogens is 4. The van der Waals surface area contributed by atoms with Crippen LogP contribution < -0.4 is 15.8 Å². The molecule has 0 spiro atoms. The van der Waals surface area contributed by atoms with E-state index in [4.69, 9.17) is 16.7 Å². The van der Waals surface area contributed by atoms with Gasteiger partial charge in [-0.2, -0.15) is 13.2 Å². The van der Waals surface area contributed by atoms with Crippen molar-refractivity contribution in [2.75, 3.05) is 10.6 Å². The largest absolute Gasteiger partial charge is 0.416 e. The number of alkyl halides is 3. The fourth-order valence-electron chi connectivity index (χ4n) is 1.91. The Kier molecular flexibility index (Phi) is 5.26. The number of nitrogens with two attached hydrogens (primary N) is 1. The molecule has 0 unspecified atom stereocenters. The molecular formula is C14H11ClF3N3O3S. The third-order valence-electron chi connectivity index (χ3n) is 2.94. The number of sulfonamides is 1. The molecule has 0 bridgehead atoms. The lowest BCUT2D eigenvalue weighted by molar-refractivity contribution is -0.137. The summed E-state index contributed by atoms with van der Waals surface area (Å²) in [6, 6.07) is 6.48. The van der Waals surface area contributed by atoms with Crippen molar-refractivity contribution in [3.8, 4) is 0 Å². The van der Waals surface area contributed by atoms with Gasteiger partial charge in [-0.05, 0) is 36.4 Å². The van der Waals surface area contributed by atoms with Crippen molar-refractivity contribution in [3.63, 3.8) is 0 Å². The first-order valence-corrected chi connectivity index (χ1v) is 8.47. The zero-order valence-corrected chi connectivity index (χ0v) is 13.8. The Balaban J connectivity index is 2.23. The standard InChI is InChI=1S/C14H11ClF3N3O3S/c15-9-4-5-12(25(19,23)24)11(7-9)21-13(22)20-10-3-1-2-8(6-10)14(16,17)18/h1-7H,(H2,19,23,24)(H2,20,21,22). The van der Waals surface area contributed by atoms with Gasteiger partial charge in [0.1, 0.15) is 4.90 Å². The fourth-order valence-corrected chi connectivity index (χ4v) is 2.75. The van der Waals surface area contributed by atoms with E-state index in [1.165, 1.54) is 12.1 Å². The highest BCUT2D eigenvalue weighted by molar-refractivity contribution is 7.89. The first-order valence-electron chi connectivity index (χ1n) is 6.54. The SMILES string of the molecule is NS(=O)(=O)c1ccc(Cl)cc1NC(=O)Nc1cccc(C(F)(F)F)c1. The summed E-state index contributed by atoms with van der Waals surface area (Å²) in [5.41, 5.74) is -1.29. The molecule has 0 aliphatic heterocycles. The topological polar surface area (TPSA) is 101 Å². The van der Waals surface area contributed by atoms with Gasteiger partial charge in [0, 0.05) is 10.7 Å². The lowest BCUT2D eigenvalue weighted by Gasteiger charge is -2.12. The predicted octanol–water partition coefficient (Wildman–Crippen LogP) is 3.65. The summed E-state index contributed by atoms with van der Waals surface area (Å²) in [4.78, 5) is 11.6. The van der Waals surface area contributed by atoms with Crippen molar-refractivity contribution in [1.29, 1.82) is 0 Å². The van der Waals surface area contributed by atoms with E-state index in [9.17, 15) is 26.4 Å². The van der Waals surface area contributed by atoms with Crippen molar-refractivity contribution in [1.82, 2.24) is 0 Å². The Morgan fingerprint density at radius 3 is 2.36 bits per heavy atom. The van der Waals surface area contributed by atoms with Gasteiger partial charge < -0.3 is 10.6 Å². The van der Waals surface area contributed by atoms with E-state index in [1.54, 1.807) is 0 Å². The number of carbonyl (C=O) groups excluding carboxylic acids is 1. The van der Waals surface area contributed by atoms with Crippen molar-refractivity contribution in [3.05, 3.63) is 53.1 Å². The van der Waals surface area contributed by atoms with Crippen molar-refractivity contribution >= 4 is 39.0 Å². The van der Waals surface area contributed by atoms with E-state index in [0.29, 0.717) is 0 Å². The number of hydrogen-bond acceptors (Lipinski definition) is 3. The number of anilines is 2. The molecule has 0 saturated carbocycles. The van der Waals surface area contributed by atoms with Gasteiger partial charge >= 0.3 is 12.2 Å². The summed E-state index contributed by atoms with van der Waals surface area (Å²) in [5.74, 6) is 0. The molecular weight excluding hydrogens is 383 g/mol. The number of nitrogens with one attached hydrogen (secondary N) is 2. The predicted molar refractivity (Wildman–Crippen MR) is 86.9 cm³/mol. The summed E-state index contributed by atoms with van der Waals surface area (Å²) in [7, 11) is -4.14. The molecule has 0 radical (unpaired) electrons. The lowest BCUT2D eigenvalue weighted by Crippen LogP contribution is -2.22. The summed E-state index contributed by atoms with van der Waals surface area (Å²) in [6.07, 6.45) is -4.57. The van der Waals surface area contributed by atoms with Crippen LogP contribution >= 0.6 is 11.6 Å². The minimum atomic E-state index is -4.57. The molecule has 11 heteroatoms. The molecule has 2 aromatic rings. The van der Waals surface area contributed by atoms with Crippen LogP contribution in [-0.4, -0.2) is 14.4 Å². The lowest BCUT2D eigenvalue weighted by atomic mass is 10.2. The molecule has 0 aromatic heterocycles. The molecule has 0 saturated heterocycles. The number of benzene rings is 2. The highest BCUT2D eigenvalue weighted by atomic mass is 35.5. The van der Waals surface area contributed by atoms with Crippen LogP contribution in [0.1, 0.15) is 5.56 Å². The molecule has 134 valence electrons. The average Bonchev–Trinajstić information content (AvgIpc) is 2.45. The van der Waals surface area contributed by atoms with E-state index in [0.717, 1.165) is 30.3 Å². The van der Waals surface area contributed by atoms with E-state index >= 15 is 0 Å². The summed E-state index contributed by atoms with van der Waals surface area (Å²) >= 11 is 5.75. The van der Waals surface area contributed by atoms with Gasteiger partial charge in [0.2, 0.25) is 10.0 Å². The first-order chi connectivity index (χ1) is 11.5. The van der Waals surface area contributed by atoms with Crippen LogP contribution in [0.2, 0.25) is 5.02 Å². The van der Waals surface area contributed by atoms with Crippen LogP contribution in [0.25, 0.3) is 0 Å². The molecule has 0 heterocycles. The van der Waals surface area contributed by atoms with Crippen LogP contribution in [0.5, 0.6) is 0 Å². The number of rotatable bonds is 3. The minimum Gasteiger partial charge on any atom is -0.308 e. The first kappa shape index (κ1) is 19.0. The van der Waals surface area contributed by atoms with Gasteiger partial charge in [-0.25, -0.2) is 18.4 Å². The Labute approximate surface area is 145 Å². The maximum atomic E-state index is 12.7. The van der Waals surface area contributed by atoms with Crippen LogP contribution in [0.4, 0.5) is 29.3 Å². The zero-order chi connectivity index (χ0) is 18.8. The van der Waals surface area contributed by atoms with Gasteiger partial charge in [-0.15, -0.1) is 0 Å². The summed E-state index contributed by atoms with van der Waals surface area (Å²) in [5, 5.41) is 9.52. The Hall–Kier alpha value is -2.30. The summed E-state index contributed by atoms with van der Waals surface area (Å²) in [6.45, 7) is 0. The summed E-state index contributed by atoms with van der Waals surface area (Å²) < 4.78 is 61.0. The highest BCUT2D eigenvalue weighted by Gasteiger charge is 2.30. The molecule has 2 amide bonds. The maximum Gasteiger partial charge on any atom is 0.416 e. The van der Waals surface area contributed by atoms with Gasteiger partial charge in [-0.1, -0.05) is 17.7 Å². The molecule has 0 aliphatic carbocycles. The van der Waals surface area contributed by atoms with E-state index < -0.39 is 32.7 Å². The Morgan fingerprint density at radius 1 is 1.08 bits per heavy atom. The van der Waals surface area contributed by atoms with Crippen LogP contribution in [0, 0.1) is 0 Å². The van der Waals surface area contributed by atoms with E-state index in [1.807, 2.05) is 0 Å². The smallest absolute Gasteiger partial charge is 0.308 e. The van der Waals surface area contributed by atoms with Crippen molar-refractivity contribution in [2.45, 2.75) is 11.1 Å². The number of carbonyl (C=O) groups is 1. The maximum absolute atomic E-state index is 12.7. The van der Waals surface area contributed by atoms with Gasteiger partial charge in [0.15, 0.2) is 0 Å². The third kappa shape index (κ3) is 5.08. The number of hydrogen-bond donors (Lipinski definition) is 3. The normalized spacial score (nSPS) is 11.9. The molecule has 0 atom stereocenters. The fraction of sp³-hybridized carbons (Fsp3) is 0.0714. The Morgan fingerprint density at radius 2 is 1.76 bits per heavy atom. The molecule has 25 heavy (non-hydrogen) atoms. The van der Waals surface area contributed by atoms with Gasteiger partial charge in [0.05, 0.1) is 11.3 Å². The van der Waals surface area contributed by atoms with Crippen LogP contribution in [-0.2, 0) is 16.2 Å².